The van der Waals surface area contributed by atoms with Crippen LogP contribution in [-0.4, -0.2) is 28.7 Å². The molecule has 5 nitrogen and oxygen atoms in total. The lowest BCUT2D eigenvalue weighted by Crippen LogP contribution is -2.39. The third-order valence-electron chi connectivity index (χ3n) is 4.38. The largest absolute Gasteiger partial charge is 0.468 e. The maximum atomic E-state index is 12.2. The zero-order valence-electron chi connectivity index (χ0n) is 12.0. The van der Waals surface area contributed by atoms with Gasteiger partial charge in [0.1, 0.15) is 6.04 Å². The fourth-order valence-electron chi connectivity index (χ4n) is 3.09. The van der Waals surface area contributed by atoms with Crippen LogP contribution in [0.5, 0.6) is 0 Å². The fraction of sp³-hybridized carbons (Fsp3) is 0.733. The number of aromatic nitrogens is 2. The van der Waals surface area contributed by atoms with Gasteiger partial charge in [0.25, 0.3) is 0 Å². The Kier molecular flexibility index (Phi) is 4.05. The van der Waals surface area contributed by atoms with Crippen molar-refractivity contribution in [3.05, 3.63) is 18.2 Å². The van der Waals surface area contributed by atoms with Gasteiger partial charge in [-0.25, -0.2) is 9.78 Å². The zero-order chi connectivity index (χ0) is 13.9. The van der Waals surface area contributed by atoms with Crippen LogP contribution < -0.4 is 5.32 Å². The number of carbonyl (C=O) groups is 1. The first-order valence-electron chi connectivity index (χ1n) is 7.65. The van der Waals surface area contributed by atoms with Crippen molar-refractivity contribution in [3.8, 4) is 0 Å². The Morgan fingerprint density at radius 3 is 2.75 bits per heavy atom. The van der Waals surface area contributed by atoms with Crippen LogP contribution in [0, 0.1) is 0 Å². The van der Waals surface area contributed by atoms with E-state index in [4.69, 9.17) is 4.74 Å². The van der Waals surface area contributed by atoms with Gasteiger partial charge in [-0.05, 0) is 25.7 Å². The second kappa shape index (κ2) is 5.95. The lowest BCUT2D eigenvalue weighted by Gasteiger charge is -2.27. The Morgan fingerprint density at radius 2 is 2.10 bits per heavy atom. The minimum Gasteiger partial charge on any atom is -0.468 e. The summed E-state index contributed by atoms with van der Waals surface area (Å²) < 4.78 is 7.13. The number of ether oxygens (including phenoxy) is 1. The molecular formula is C15H23N3O2. The molecule has 2 aliphatic rings. The first kappa shape index (κ1) is 13.6. The lowest BCUT2D eigenvalue weighted by molar-refractivity contribution is -0.143. The minimum atomic E-state index is -0.383. The number of rotatable bonds is 5. The molecule has 3 rings (SSSR count). The molecule has 2 aliphatic carbocycles. The molecule has 1 aromatic heterocycles. The highest BCUT2D eigenvalue weighted by molar-refractivity contribution is 5.77. The minimum absolute atomic E-state index is 0.210. The molecule has 20 heavy (non-hydrogen) atoms. The number of carbonyl (C=O) groups excluding carboxylic acids is 1. The maximum absolute atomic E-state index is 12.2. The van der Waals surface area contributed by atoms with E-state index in [1.54, 1.807) is 6.20 Å². The zero-order valence-corrected chi connectivity index (χ0v) is 12.0. The first-order valence-corrected chi connectivity index (χ1v) is 7.65. The van der Waals surface area contributed by atoms with Gasteiger partial charge >= 0.3 is 5.97 Å². The second-order valence-corrected chi connectivity index (χ2v) is 5.91. The van der Waals surface area contributed by atoms with E-state index in [-0.39, 0.29) is 12.0 Å². The molecular weight excluding hydrogens is 254 g/mol. The van der Waals surface area contributed by atoms with Gasteiger partial charge in [-0.1, -0.05) is 19.3 Å². The van der Waals surface area contributed by atoms with E-state index in [9.17, 15) is 4.79 Å². The van der Waals surface area contributed by atoms with Crippen LogP contribution in [0.2, 0.25) is 0 Å². The molecule has 1 atom stereocenters. The monoisotopic (exact) mass is 277 g/mol. The smallest absolute Gasteiger partial charge is 0.329 e. The number of esters is 1. The van der Waals surface area contributed by atoms with E-state index < -0.39 is 0 Å². The molecule has 2 saturated carbocycles. The average Bonchev–Trinajstić information content (AvgIpc) is 3.23. The van der Waals surface area contributed by atoms with E-state index >= 15 is 0 Å². The topological polar surface area (TPSA) is 56.1 Å². The molecule has 0 bridgehead atoms. The van der Waals surface area contributed by atoms with E-state index in [2.05, 4.69) is 14.9 Å². The van der Waals surface area contributed by atoms with E-state index in [0.29, 0.717) is 12.1 Å². The molecule has 0 aliphatic heterocycles. The predicted molar refractivity (Wildman–Crippen MR) is 75.3 cm³/mol. The van der Waals surface area contributed by atoms with Crippen molar-refractivity contribution >= 4 is 5.97 Å². The molecule has 1 aromatic rings. The third kappa shape index (κ3) is 2.87. The van der Waals surface area contributed by atoms with Crippen molar-refractivity contribution in [2.24, 2.45) is 0 Å². The van der Waals surface area contributed by atoms with Crippen molar-refractivity contribution in [1.29, 1.82) is 0 Å². The SMILES string of the molecule is COC(=O)C(NC1CCCCC1)c1cncn1C1CC1. The summed E-state index contributed by atoms with van der Waals surface area (Å²) in [6.45, 7) is 0. The van der Waals surface area contributed by atoms with Crippen LogP contribution in [-0.2, 0) is 9.53 Å². The van der Waals surface area contributed by atoms with Crippen molar-refractivity contribution < 1.29 is 9.53 Å². The van der Waals surface area contributed by atoms with Crippen LogP contribution >= 0.6 is 0 Å². The van der Waals surface area contributed by atoms with Crippen LogP contribution in [0.1, 0.15) is 62.7 Å². The molecule has 2 fully saturated rings. The van der Waals surface area contributed by atoms with E-state index in [0.717, 1.165) is 18.5 Å². The van der Waals surface area contributed by atoms with Gasteiger partial charge in [0.2, 0.25) is 0 Å². The molecule has 1 heterocycles. The van der Waals surface area contributed by atoms with Gasteiger partial charge in [0.15, 0.2) is 0 Å². The highest BCUT2D eigenvalue weighted by Gasteiger charge is 2.32. The summed E-state index contributed by atoms with van der Waals surface area (Å²) in [4.78, 5) is 16.4. The number of imidazole rings is 1. The van der Waals surface area contributed by atoms with Gasteiger partial charge in [-0.3, -0.25) is 5.32 Å². The van der Waals surface area contributed by atoms with Crippen molar-refractivity contribution in [2.45, 2.75) is 63.1 Å². The van der Waals surface area contributed by atoms with Gasteiger partial charge < -0.3 is 9.30 Å². The standard InChI is InChI=1S/C15H23N3O2/c1-20-15(19)14(17-11-5-3-2-4-6-11)13-9-16-10-18(13)12-7-8-12/h9-12,14,17H,2-8H2,1H3. The van der Waals surface area contributed by atoms with Gasteiger partial charge in [-0.15, -0.1) is 0 Å². The molecule has 0 radical (unpaired) electrons. The summed E-state index contributed by atoms with van der Waals surface area (Å²) in [5, 5.41) is 3.50. The van der Waals surface area contributed by atoms with Gasteiger partial charge in [0, 0.05) is 12.1 Å². The van der Waals surface area contributed by atoms with Crippen molar-refractivity contribution in [1.82, 2.24) is 14.9 Å². The summed E-state index contributed by atoms with van der Waals surface area (Å²) in [7, 11) is 1.45. The summed E-state index contributed by atoms with van der Waals surface area (Å²) in [5.41, 5.74) is 0.949. The number of hydrogen-bond donors (Lipinski definition) is 1. The molecule has 0 spiro atoms. The highest BCUT2D eigenvalue weighted by atomic mass is 16.5. The Labute approximate surface area is 119 Å². The van der Waals surface area contributed by atoms with Crippen LogP contribution in [0.4, 0.5) is 0 Å². The number of nitrogens with one attached hydrogen (secondary N) is 1. The number of methoxy groups -OCH3 is 1. The van der Waals surface area contributed by atoms with Crippen molar-refractivity contribution in [3.63, 3.8) is 0 Å². The maximum Gasteiger partial charge on any atom is 0.329 e. The first-order chi connectivity index (χ1) is 9.79. The Morgan fingerprint density at radius 1 is 1.35 bits per heavy atom. The summed E-state index contributed by atoms with van der Waals surface area (Å²) >= 11 is 0. The molecule has 1 N–H and O–H groups in total. The van der Waals surface area contributed by atoms with Gasteiger partial charge in [0.05, 0.1) is 25.3 Å². The van der Waals surface area contributed by atoms with Crippen LogP contribution in [0.15, 0.2) is 12.5 Å². The molecule has 5 heteroatoms. The third-order valence-corrected chi connectivity index (χ3v) is 4.38. The summed E-state index contributed by atoms with van der Waals surface area (Å²) in [5.74, 6) is -0.210. The van der Waals surface area contributed by atoms with Crippen molar-refractivity contribution in [2.75, 3.05) is 7.11 Å². The molecule has 0 aromatic carbocycles. The Balaban J connectivity index is 1.77. The molecule has 0 amide bonds. The molecule has 1 unspecified atom stereocenters. The quantitative estimate of drug-likeness (QED) is 0.839. The predicted octanol–water partition coefficient (Wildman–Crippen LogP) is 2.35. The van der Waals surface area contributed by atoms with E-state index in [1.807, 2.05) is 6.33 Å². The van der Waals surface area contributed by atoms with Gasteiger partial charge in [-0.2, -0.15) is 0 Å². The Bertz CT molecular complexity index is 461. The number of nitrogens with zero attached hydrogens (tertiary/aromatic N) is 2. The normalized spacial score (nSPS) is 21.6. The van der Waals surface area contributed by atoms with Crippen LogP contribution in [0.25, 0.3) is 0 Å². The van der Waals surface area contributed by atoms with E-state index in [1.165, 1.54) is 39.2 Å². The number of hydrogen-bond acceptors (Lipinski definition) is 4. The summed E-state index contributed by atoms with van der Waals surface area (Å²) in [6, 6.07) is 0.550. The second-order valence-electron chi connectivity index (χ2n) is 5.91. The lowest BCUT2D eigenvalue weighted by atomic mass is 9.94. The van der Waals surface area contributed by atoms with Crippen LogP contribution in [0.3, 0.4) is 0 Å². The summed E-state index contributed by atoms with van der Waals surface area (Å²) in [6.07, 6.45) is 12.1. The molecule has 110 valence electrons. The fourth-order valence-corrected chi connectivity index (χ4v) is 3.09. The molecule has 0 saturated heterocycles. The Hall–Kier alpha value is -1.36. The average molecular weight is 277 g/mol. The highest BCUT2D eigenvalue weighted by Crippen LogP contribution is 2.37.